The number of fused-ring (bicyclic) bond motifs is 1. The number of halogens is 1. The van der Waals surface area contributed by atoms with Crippen LogP contribution in [0.4, 0.5) is 5.69 Å². The molecular formula is C16H22ClN3. The first-order chi connectivity index (χ1) is 9.38. The van der Waals surface area contributed by atoms with E-state index >= 15 is 0 Å². The van der Waals surface area contributed by atoms with E-state index < -0.39 is 0 Å². The highest BCUT2D eigenvalue weighted by atomic mass is 35.5. The number of rotatable bonds is 3. The van der Waals surface area contributed by atoms with Crippen molar-refractivity contribution in [1.82, 2.24) is 10.3 Å². The van der Waals surface area contributed by atoms with Gasteiger partial charge in [0.05, 0.1) is 5.52 Å². The molecule has 0 unspecified atom stereocenters. The maximum absolute atomic E-state index is 4.39. The molecule has 1 fully saturated rings. The summed E-state index contributed by atoms with van der Waals surface area (Å²) < 4.78 is 0. The maximum Gasteiger partial charge on any atom is 0.0703 e. The molecule has 0 spiro atoms. The lowest BCUT2D eigenvalue weighted by Crippen LogP contribution is -2.43. The number of pyridine rings is 1. The second-order valence-corrected chi connectivity index (χ2v) is 5.15. The third-order valence-electron chi connectivity index (χ3n) is 4.01. The Kier molecular flexibility index (Phi) is 5.21. The second kappa shape index (κ2) is 6.91. The van der Waals surface area contributed by atoms with E-state index in [2.05, 4.69) is 46.4 Å². The number of aromatic nitrogens is 1. The van der Waals surface area contributed by atoms with Crippen LogP contribution in [0.3, 0.4) is 0 Å². The van der Waals surface area contributed by atoms with Gasteiger partial charge in [0.1, 0.15) is 0 Å². The van der Waals surface area contributed by atoms with Gasteiger partial charge in [-0.2, -0.15) is 0 Å². The Bertz CT molecular complexity index is 552. The molecule has 2 heterocycles. The fourth-order valence-electron chi connectivity index (χ4n) is 3.01. The summed E-state index contributed by atoms with van der Waals surface area (Å²) in [6.07, 6.45) is 4.32. The van der Waals surface area contributed by atoms with E-state index in [1.807, 2.05) is 12.3 Å². The average molecular weight is 292 g/mol. The molecule has 108 valence electrons. The van der Waals surface area contributed by atoms with Gasteiger partial charge in [-0.3, -0.25) is 4.98 Å². The number of hydrogen-bond donors (Lipinski definition) is 1. The summed E-state index contributed by atoms with van der Waals surface area (Å²) in [4.78, 5) is 6.93. The van der Waals surface area contributed by atoms with Crippen LogP contribution in [-0.4, -0.2) is 30.7 Å². The van der Waals surface area contributed by atoms with E-state index in [9.17, 15) is 0 Å². The molecule has 1 aromatic carbocycles. The topological polar surface area (TPSA) is 28.2 Å². The van der Waals surface area contributed by atoms with Crippen LogP contribution in [0.1, 0.15) is 19.8 Å². The van der Waals surface area contributed by atoms with Crippen LogP contribution in [0.25, 0.3) is 10.9 Å². The van der Waals surface area contributed by atoms with Crippen molar-refractivity contribution < 1.29 is 0 Å². The van der Waals surface area contributed by atoms with Crippen LogP contribution in [0.2, 0.25) is 0 Å². The predicted octanol–water partition coefficient (Wildman–Crippen LogP) is 3.23. The molecule has 0 amide bonds. The summed E-state index contributed by atoms with van der Waals surface area (Å²) in [6, 6.07) is 11.4. The zero-order valence-corrected chi connectivity index (χ0v) is 12.7. The van der Waals surface area contributed by atoms with Gasteiger partial charge in [-0.1, -0.05) is 6.07 Å². The third-order valence-corrected chi connectivity index (χ3v) is 4.01. The third kappa shape index (κ3) is 3.05. The zero-order valence-electron chi connectivity index (χ0n) is 11.9. The van der Waals surface area contributed by atoms with Crippen LogP contribution in [0.15, 0.2) is 36.5 Å². The van der Waals surface area contributed by atoms with E-state index in [0.29, 0.717) is 6.04 Å². The minimum absolute atomic E-state index is 0. The van der Waals surface area contributed by atoms with Crippen molar-refractivity contribution in [3.63, 3.8) is 0 Å². The van der Waals surface area contributed by atoms with Gasteiger partial charge in [-0.05, 0) is 57.1 Å². The molecule has 0 bridgehead atoms. The first kappa shape index (κ1) is 15.1. The van der Waals surface area contributed by atoms with E-state index in [0.717, 1.165) is 25.2 Å². The maximum atomic E-state index is 4.39. The average Bonchev–Trinajstić information content (AvgIpc) is 2.49. The normalized spacial score (nSPS) is 15.8. The molecule has 1 aliphatic rings. The summed E-state index contributed by atoms with van der Waals surface area (Å²) >= 11 is 0. The van der Waals surface area contributed by atoms with Gasteiger partial charge in [0, 0.05) is 29.9 Å². The van der Waals surface area contributed by atoms with Crippen LogP contribution in [0.5, 0.6) is 0 Å². The van der Waals surface area contributed by atoms with Crippen LogP contribution >= 0.6 is 12.4 Å². The summed E-state index contributed by atoms with van der Waals surface area (Å²) in [5, 5.41) is 4.67. The van der Waals surface area contributed by atoms with Crippen molar-refractivity contribution in [1.29, 1.82) is 0 Å². The van der Waals surface area contributed by atoms with Gasteiger partial charge in [-0.25, -0.2) is 0 Å². The molecule has 0 aliphatic carbocycles. The first-order valence-corrected chi connectivity index (χ1v) is 7.20. The molecule has 2 aromatic rings. The monoisotopic (exact) mass is 291 g/mol. The Morgan fingerprint density at radius 3 is 2.80 bits per heavy atom. The fourth-order valence-corrected chi connectivity index (χ4v) is 3.01. The van der Waals surface area contributed by atoms with Crippen molar-refractivity contribution in [3.8, 4) is 0 Å². The number of anilines is 1. The number of piperidine rings is 1. The SMILES string of the molecule is CCN(c1ccc2ncccc2c1)C1CCNCC1.Cl. The highest BCUT2D eigenvalue weighted by Gasteiger charge is 2.20. The molecule has 0 atom stereocenters. The number of hydrogen-bond acceptors (Lipinski definition) is 3. The molecule has 4 heteroatoms. The Morgan fingerprint density at radius 1 is 1.25 bits per heavy atom. The quantitative estimate of drug-likeness (QED) is 0.941. The van der Waals surface area contributed by atoms with E-state index in [1.165, 1.54) is 23.9 Å². The van der Waals surface area contributed by atoms with Gasteiger partial charge >= 0.3 is 0 Å². The zero-order chi connectivity index (χ0) is 13.1. The Labute approximate surface area is 126 Å². The lowest BCUT2D eigenvalue weighted by Gasteiger charge is -2.35. The van der Waals surface area contributed by atoms with Gasteiger partial charge in [0.15, 0.2) is 0 Å². The molecule has 20 heavy (non-hydrogen) atoms. The second-order valence-electron chi connectivity index (χ2n) is 5.15. The van der Waals surface area contributed by atoms with Crippen molar-refractivity contribution in [3.05, 3.63) is 36.5 Å². The van der Waals surface area contributed by atoms with Crippen molar-refractivity contribution in [2.24, 2.45) is 0 Å². The number of nitrogens with zero attached hydrogens (tertiary/aromatic N) is 2. The Hall–Kier alpha value is -1.32. The van der Waals surface area contributed by atoms with E-state index in [4.69, 9.17) is 0 Å². The van der Waals surface area contributed by atoms with Gasteiger partial charge in [-0.15, -0.1) is 12.4 Å². The molecule has 1 saturated heterocycles. The molecule has 0 radical (unpaired) electrons. The van der Waals surface area contributed by atoms with Gasteiger partial charge < -0.3 is 10.2 Å². The molecule has 0 saturated carbocycles. The standard InChI is InChI=1S/C16H21N3.ClH/c1-2-19(14-7-10-17-11-8-14)15-5-6-16-13(12-15)4-3-9-18-16;/h3-6,9,12,14,17H,2,7-8,10-11H2,1H3;1H. The molecule has 1 aromatic heterocycles. The summed E-state index contributed by atoms with van der Waals surface area (Å²) in [6.45, 7) is 5.58. The van der Waals surface area contributed by atoms with Gasteiger partial charge in [0.25, 0.3) is 0 Å². The Morgan fingerprint density at radius 2 is 2.05 bits per heavy atom. The summed E-state index contributed by atoms with van der Waals surface area (Å²) in [5.74, 6) is 0. The molecular weight excluding hydrogens is 270 g/mol. The number of benzene rings is 1. The fraction of sp³-hybridized carbons (Fsp3) is 0.438. The van der Waals surface area contributed by atoms with Crippen molar-refractivity contribution in [2.75, 3.05) is 24.5 Å². The largest absolute Gasteiger partial charge is 0.369 e. The highest BCUT2D eigenvalue weighted by molar-refractivity contribution is 5.85. The van der Waals surface area contributed by atoms with Crippen LogP contribution in [0, 0.1) is 0 Å². The number of nitrogens with one attached hydrogen (secondary N) is 1. The summed E-state index contributed by atoms with van der Waals surface area (Å²) in [5.41, 5.74) is 2.41. The Balaban J connectivity index is 0.00000147. The van der Waals surface area contributed by atoms with E-state index in [1.54, 1.807) is 0 Å². The van der Waals surface area contributed by atoms with Crippen molar-refractivity contribution in [2.45, 2.75) is 25.8 Å². The predicted molar refractivity (Wildman–Crippen MR) is 87.9 cm³/mol. The minimum atomic E-state index is 0. The smallest absolute Gasteiger partial charge is 0.0703 e. The van der Waals surface area contributed by atoms with E-state index in [-0.39, 0.29) is 12.4 Å². The minimum Gasteiger partial charge on any atom is -0.369 e. The van der Waals surface area contributed by atoms with Crippen LogP contribution < -0.4 is 10.2 Å². The lowest BCUT2D eigenvalue weighted by atomic mass is 10.0. The molecule has 1 N–H and O–H groups in total. The highest BCUT2D eigenvalue weighted by Crippen LogP contribution is 2.25. The molecule has 3 nitrogen and oxygen atoms in total. The van der Waals surface area contributed by atoms with Gasteiger partial charge in [0.2, 0.25) is 0 Å². The molecule has 3 rings (SSSR count). The van der Waals surface area contributed by atoms with Crippen LogP contribution in [-0.2, 0) is 0 Å². The lowest BCUT2D eigenvalue weighted by molar-refractivity contribution is 0.433. The summed E-state index contributed by atoms with van der Waals surface area (Å²) in [7, 11) is 0. The van der Waals surface area contributed by atoms with Crippen molar-refractivity contribution >= 4 is 29.0 Å². The first-order valence-electron chi connectivity index (χ1n) is 7.20. The molecule has 1 aliphatic heterocycles.